The topological polar surface area (TPSA) is 120 Å². The summed E-state index contributed by atoms with van der Waals surface area (Å²) in [5.74, 6) is 0.746. The summed E-state index contributed by atoms with van der Waals surface area (Å²) in [6, 6.07) is 15.9. The fourth-order valence-electron chi connectivity index (χ4n) is 4.20. The summed E-state index contributed by atoms with van der Waals surface area (Å²) in [7, 11) is 0. The molecule has 2 amide bonds. The number of nitrogens with zero attached hydrogens (tertiary/aromatic N) is 1. The standard InChI is InChI=1S/C25H40N4O3S.C9H12FN.C4H10.2C2H6/c1-4-10-22(13-8-9-14-26)33-29(17-20(2)3)18-24(31)23(28-25(32)16-27-19-30)15-21-11-6-5-7-12-21;1-2-11-7-8-4-3-5-9(10)6-8;1-4(2)3;2*1-2/h5-12,19-20,23-24,31H,4,13-18,26H2,1-3H3,(H,27,30)(H,28,32);3-6,11H,2,7H2,1H3;4H,1-3H3;2*1-2H3/b9-8-,22-10+;;;;. The second-order valence-corrected chi connectivity index (χ2v) is 13.6. The van der Waals surface area contributed by atoms with Crippen LogP contribution in [0.4, 0.5) is 4.39 Å². The maximum Gasteiger partial charge on any atom is 0.239 e. The molecule has 2 aromatic carbocycles. The van der Waals surface area contributed by atoms with E-state index in [9.17, 15) is 19.1 Å². The number of amides is 2. The van der Waals surface area contributed by atoms with E-state index in [2.05, 4.69) is 74.0 Å². The Bertz CT molecular complexity index is 1160. The molecule has 2 rings (SSSR count). The quantitative estimate of drug-likeness (QED) is 0.0526. The molecule has 0 saturated carbocycles. The number of halogens is 1. The Balaban J connectivity index is -0.00000103. The second-order valence-electron chi connectivity index (χ2n) is 12.4. The Hall–Kier alpha value is -3.02. The van der Waals surface area contributed by atoms with Crippen LogP contribution in [0.1, 0.15) is 100 Å². The first-order valence-corrected chi connectivity index (χ1v) is 19.8. The van der Waals surface area contributed by atoms with Crippen LogP contribution in [0, 0.1) is 17.7 Å². The van der Waals surface area contributed by atoms with Gasteiger partial charge in [0.15, 0.2) is 0 Å². The van der Waals surface area contributed by atoms with Crippen molar-refractivity contribution < 1.29 is 19.1 Å². The molecule has 0 saturated heterocycles. The number of allylic oxidation sites excluding steroid dienone is 3. The smallest absolute Gasteiger partial charge is 0.239 e. The number of nitrogens with one attached hydrogen (secondary N) is 3. The van der Waals surface area contributed by atoms with Crippen molar-refractivity contribution in [2.24, 2.45) is 17.6 Å². The summed E-state index contributed by atoms with van der Waals surface area (Å²) in [5.41, 5.74) is 7.59. The highest BCUT2D eigenvalue weighted by atomic mass is 32.2. The Kier molecular flexibility index (Phi) is 38.7. The van der Waals surface area contributed by atoms with Gasteiger partial charge in [0.2, 0.25) is 12.3 Å². The fraction of sp³-hybridized carbons (Fsp3) is 0.571. The fourth-order valence-corrected chi connectivity index (χ4v) is 5.54. The molecule has 52 heavy (non-hydrogen) atoms. The Morgan fingerprint density at radius 1 is 0.942 bits per heavy atom. The van der Waals surface area contributed by atoms with Crippen LogP contribution in [0.25, 0.3) is 0 Å². The first kappa shape index (κ1) is 53.3. The van der Waals surface area contributed by atoms with Gasteiger partial charge in [-0.3, -0.25) is 9.59 Å². The molecule has 2 atom stereocenters. The zero-order valence-corrected chi connectivity index (χ0v) is 35.1. The van der Waals surface area contributed by atoms with Crippen molar-refractivity contribution in [3.8, 4) is 0 Å². The van der Waals surface area contributed by atoms with Crippen LogP contribution in [0.2, 0.25) is 0 Å². The summed E-state index contributed by atoms with van der Waals surface area (Å²) in [6.07, 6.45) is 8.12. The lowest BCUT2D eigenvalue weighted by molar-refractivity contribution is -0.123. The number of rotatable bonds is 20. The molecule has 0 aromatic heterocycles. The van der Waals surface area contributed by atoms with Crippen molar-refractivity contribution in [2.75, 3.05) is 32.7 Å². The monoisotopic (exact) mass is 748 g/mol. The SMILES string of the molecule is CC.CC.CC(C)C.CC/C=C(\C/C=C\CN)SN(CC(C)C)CC(O)C(Cc1ccccc1)NC(=O)CNC=O.CCNCc1cccc(F)c1. The molecule has 0 aliphatic rings. The molecule has 8 nitrogen and oxygen atoms in total. The minimum absolute atomic E-state index is 0.122. The van der Waals surface area contributed by atoms with Crippen molar-refractivity contribution in [1.82, 2.24) is 20.3 Å². The normalized spacial score (nSPS) is 11.9. The van der Waals surface area contributed by atoms with Gasteiger partial charge in [0.1, 0.15) is 5.82 Å². The van der Waals surface area contributed by atoms with Gasteiger partial charge in [0.05, 0.1) is 18.7 Å². The van der Waals surface area contributed by atoms with E-state index in [1.54, 1.807) is 24.1 Å². The van der Waals surface area contributed by atoms with Crippen molar-refractivity contribution in [3.63, 3.8) is 0 Å². The number of nitrogens with two attached hydrogens (primary N) is 1. The molecule has 0 aliphatic heterocycles. The zero-order chi connectivity index (χ0) is 40.2. The summed E-state index contributed by atoms with van der Waals surface area (Å²) in [4.78, 5) is 24.0. The van der Waals surface area contributed by atoms with E-state index in [4.69, 9.17) is 5.73 Å². The van der Waals surface area contributed by atoms with E-state index in [0.29, 0.717) is 31.8 Å². The zero-order valence-electron chi connectivity index (χ0n) is 34.3. The third-order valence-electron chi connectivity index (χ3n) is 6.18. The third-order valence-corrected chi connectivity index (χ3v) is 7.31. The molecule has 0 bridgehead atoms. The highest BCUT2D eigenvalue weighted by Crippen LogP contribution is 2.27. The summed E-state index contributed by atoms with van der Waals surface area (Å²) in [5, 5.41) is 19.6. The van der Waals surface area contributed by atoms with E-state index < -0.39 is 12.1 Å². The van der Waals surface area contributed by atoms with Crippen molar-refractivity contribution in [1.29, 1.82) is 0 Å². The Morgan fingerprint density at radius 2 is 1.56 bits per heavy atom. The maximum atomic E-state index is 12.6. The largest absolute Gasteiger partial charge is 0.390 e. The van der Waals surface area contributed by atoms with Gasteiger partial charge in [-0.15, -0.1) is 0 Å². The van der Waals surface area contributed by atoms with Gasteiger partial charge in [0, 0.05) is 31.1 Å². The molecule has 0 aliphatic carbocycles. The van der Waals surface area contributed by atoms with Crippen LogP contribution in [0.3, 0.4) is 0 Å². The Labute approximate surface area is 321 Å². The van der Waals surface area contributed by atoms with Gasteiger partial charge in [-0.1, -0.05) is 137 Å². The molecule has 2 unspecified atom stereocenters. The lowest BCUT2D eigenvalue weighted by atomic mass is 10.0. The van der Waals surface area contributed by atoms with Crippen LogP contribution in [-0.2, 0) is 22.6 Å². The van der Waals surface area contributed by atoms with E-state index in [-0.39, 0.29) is 18.3 Å². The van der Waals surface area contributed by atoms with Gasteiger partial charge in [-0.05, 0) is 72.9 Å². The first-order valence-electron chi connectivity index (χ1n) is 19.1. The lowest BCUT2D eigenvalue weighted by Crippen LogP contribution is -2.50. The van der Waals surface area contributed by atoms with Gasteiger partial charge in [-0.2, -0.15) is 0 Å². The van der Waals surface area contributed by atoms with Gasteiger partial charge >= 0.3 is 0 Å². The average Bonchev–Trinajstić information content (AvgIpc) is 3.11. The van der Waals surface area contributed by atoms with Gasteiger partial charge in [0.25, 0.3) is 0 Å². The predicted octanol–water partition coefficient (Wildman–Crippen LogP) is 8.28. The molecule has 0 heterocycles. The summed E-state index contributed by atoms with van der Waals surface area (Å²) >= 11 is 1.65. The third kappa shape index (κ3) is 32.9. The average molecular weight is 748 g/mol. The van der Waals surface area contributed by atoms with Crippen LogP contribution in [-0.4, -0.2) is 66.6 Å². The maximum absolute atomic E-state index is 12.6. The highest BCUT2D eigenvalue weighted by Gasteiger charge is 2.25. The van der Waals surface area contributed by atoms with Gasteiger partial charge in [-0.25, -0.2) is 8.70 Å². The van der Waals surface area contributed by atoms with E-state index in [0.717, 1.165) is 49.5 Å². The minimum Gasteiger partial charge on any atom is -0.390 e. The molecular formula is C42H74FN5O3S. The van der Waals surface area contributed by atoms with Crippen LogP contribution >= 0.6 is 11.9 Å². The molecule has 298 valence electrons. The number of carbonyl (C=O) groups excluding carboxylic acids is 2. The highest BCUT2D eigenvalue weighted by molar-refractivity contribution is 8.00. The molecule has 6 N–H and O–H groups in total. The van der Waals surface area contributed by atoms with E-state index >= 15 is 0 Å². The predicted molar refractivity (Wildman–Crippen MR) is 224 cm³/mol. The van der Waals surface area contributed by atoms with Crippen LogP contribution in [0.5, 0.6) is 0 Å². The van der Waals surface area contributed by atoms with Crippen molar-refractivity contribution in [2.45, 2.75) is 114 Å². The molecule has 0 fully saturated rings. The molecule has 10 heteroatoms. The molecular weight excluding hydrogens is 674 g/mol. The Morgan fingerprint density at radius 3 is 2.08 bits per heavy atom. The number of carbonyl (C=O) groups is 2. The molecule has 0 radical (unpaired) electrons. The number of hydrogen-bond acceptors (Lipinski definition) is 7. The molecule has 2 aromatic rings. The second kappa shape index (κ2) is 37.7. The van der Waals surface area contributed by atoms with E-state index in [1.807, 2.05) is 77.1 Å². The summed E-state index contributed by atoms with van der Waals surface area (Å²) < 4.78 is 14.7. The lowest BCUT2D eigenvalue weighted by Gasteiger charge is -2.31. The van der Waals surface area contributed by atoms with Crippen molar-refractivity contribution in [3.05, 3.63) is 94.7 Å². The molecule has 0 spiro atoms. The number of aliphatic hydroxyl groups is 1. The van der Waals surface area contributed by atoms with Crippen molar-refractivity contribution >= 4 is 24.3 Å². The number of benzene rings is 2. The summed E-state index contributed by atoms with van der Waals surface area (Å²) in [6.45, 7) is 26.2. The first-order chi connectivity index (χ1) is 24.9. The minimum atomic E-state index is -0.793. The van der Waals surface area contributed by atoms with Crippen LogP contribution < -0.4 is 21.7 Å². The van der Waals surface area contributed by atoms with Gasteiger partial charge < -0.3 is 26.8 Å². The van der Waals surface area contributed by atoms with Crippen LogP contribution in [0.15, 0.2) is 77.7 Å². The number of aliphatic hydroxyl groups excluding tert-OH is 1. The van der Waals surface area contributed by atoms with E-state index in [1.165, 1.54) is 11.0 Å². The number of hydrogen-bond donors (Lipinski definition) is 5.